The first-order chi connectivity index (χ1) is 19.0. The summed E-state index contributed by atoms with van der Waals surface area (Å²) in [6.07, 6.45) is 7.02. The number of fused-ring (bicyclic) bond motifs is 1. The van der Waals surface area contributed by atoms with Crippen LogP contribution in [0.1, 0.15) is 69.4 Å². The zero-order valence-electron chi connectivity index (χ0n) is 22.9. The fraction of sp³-hybridized carbons (Fsp3) is 0.750. The van der Waals surface area contributed by atoms with E-state index >= 15 is 0 Å². The lowest BCUT2D eigenvalue weighted by atomic mass is 9.51. The molecule has 3 heterocycles. The Hall–Kier alpha value is -3.15. The van der Waals surface area contributed by atoms with Gasteiger partial charge < -0.3 is 20.5 Å². The second kappa shape index (κ2) is 8.67. The van der Waals surface area contributed by atoms with E-state index in [2.05, 4.69) is 0 Å². The van der Waals surface area contributed by atoms with E-state index < -0.39 is 28.5 Å². The molecule has 2 saturated heterocycles. The van der Waals surface area contributed by atoms with Gasteiger partial charge in [0, 0.05) is 32.1 Å². The summed E-state index contributed by atoms with van der Waals surface area (Å²) in [6.45, 7) is 2.05. The van der Waals surface area contributed by atoms with Crippen molar-refractivity contribution in [3.8, 4) is 5.88 Å². The van der Waals surface area contributed by atoms with Gasteiger partial charge >= 0.3 is 11.7 Å². The van der Waals surface area contributed by atoms with Crippen LogP contribution in [0.25, 0.3) is 0 Å². The van der Waals surface area contributed by atoms with Crippen molar-refractivity contribution in [1.82, 2.24) is 18.9 Å². The number of amidine groups is 1. The molecule has 12 heteroatoms. The number of aromatic hydroxyl groups is 1. The monoisotopic (exact) mass is 554 g/mol. The smallest absolute Gasteiger partial charge is 0.334 e. The molecule has 0 aromatic carbocycles. The molecule has 216 valence electrons. The topological polar surface area (TPSA) is 164 Å². The van der Waals surface area contributed by atoms with Crippen LogP contribution in [0, 0.1) is 34.5 Å². The van der Waals surface area contributed by atoms with Crippen LogP contribution >= 0.6 is 0 Å². The van der Waals surface area contributed by atoms with Gasteiger partial charge in [-0.2, -0.15) is 0 Å². The Morgan fingerprint density at radius 1 is 1.02 bits per heavy atom. The van der Waals surface area contributed by atoms with Crippen LogP contribution in [-0.2, 0) is 16.1 Å². The lowest BCUT2D eigenvalue weighted by Crippen LogP contribution is -2.65. The molecule has 1 aromatic heterocycles. The molecule has 3 atom stereocenters. The molecule has 0 bridgehead atoms. The number of likely N-dealkylation sites (N-methyl/N-ethyl adjacent to an activating group) is 1. The molecule has 12 nitrogen and oxygen atoms in total. The van der Waals surface area contributed by atoms with Gasteiger partial charge in [0.25, 0.3) is 11.5 Å². The fourth-order valence-corrected chi connectivity index (χ4v) is 8.77. The molecule has 2 aliphatic heterocycles. The van der Waals surface area contributed by atoms with Gasteiger partial charge in [-0.3, -0.25) is 29.0 Å². The number of nitrogens with one attached hydrogen (secondary N) is 1. The van der Waals surface area contributed by atoms with E-state index in [4.69, 9.17) is 15.9 Å². The Kier molecular flexibility index (Phi) is 5.59. The number of amides is 3. The molecule has 40 heavy (non-hydrogen) atoms. The standard InChI is InChI=1S/C28H38N6O6/c1-31-24(37)28(33(25(31)38)10-16-11-40-12-16)13-27(14-28)4-2-19(3-5-27)34-23(36)20(21(29)30)22(35)32(26(34)39)9-15-6-17-8-18(17)7-15/h15-19,35H,2-14H2,1H3,(H3,29,30)/t15?,17-,18+,19?,27?,28?. The average Bonchev–Trinajstić information content (AvgIpc) is 3.43. The molecule has 4 saturated carbocycles. The molecule has 1 unspecified atom stereocenters. The summed E-state index contributed by atoms with van der Waals surface area (Å²) in [6, 6.07) is -0.621. The van der Waals surface area contributed by atoms with Gasteiger partial charge in [0.15, 0.2) is 0 Å². The number of rotatable bonds is 6. The second-order valence-electron chi connectivity index (χ2n) is 13.6. The Bertz CT molecular complexity index is 1400. The number of carbonyl (C=O) groups excluding carboxylic acids is 2. The predicted molar refractivity (Wildman–Crippen MR) is 143 cm³/mol. The molecule has 4 N–H and O–H groups in total. The molecule has 1 aromatic rings. The Balaban J connectivity index is 1.11. The second-order valence-corrected chi connectivity index (χ2v) is 13.6. The van der Waals surface area contributed by atoms with Gasteiger partial charge in [0.2, 0.25) is 5.88 Å². The molecular formula is C28H38N6O6. The highest BCUT2D eigenvalue weighted by Crippen LogP contribution is 2.62. The summed E-state index contributed by atoms with van der Waals surface area (Å²) < 4.78 is 7.77. The summed E-state index contributed by atoms with van der Waals surface area (Å²) >= 11 is 0. The highest BCUT2D eigenvalue weighted by atomic mass is 16.5. The third kappa shape index (κ3) is 3.63. The van der Waals surface area contributed by atoms with Crippen LogP contribution in [0.2, 0.25) is 0 Å². The van der Waals surface area contributed by atoms with Gasteiger partial charge in [0.05, 0.1) is 13.2 Å². The number of nitrogens with zero attached hydrogens (tertiary/aromatic N) is 4. The highest BCUT2D eigenvalue weighted by molar-refractivity contribution is 6.07. The molecule has 6 fully saturated rings. The van der Waals surface area contributed by atoms with Crippen LogP contribution in [-0.4, -0.2) is 74.2 Å². The first-order valence-corrected chi connectivity index (χ1v) is 14.6. The third-order valence-corrected chi connectivity index (χ3v) is 11.0. The van der Waals surface area contributed by atoms with Gasteiger partial charge in [-0.15, -0.1) is 0 Å². The normalized spacial score (nSPS) is 36.7. The summed E-state index contributed by atoms with van der Waals surface area (Å²) in [5, 5.41) is 18.8. The van der Waals surface area contributed by atoms with Crippen molar-refractivity contribution in [3.63, 3.8) is 0 Å². The maximum Gasteiger partial charge on any atom is 0.334 e. The number of carbonyl (C=O) groups is 2. The number of nitrogens with two attached hydrogens (primary N) is 1. The number of imide groups is 1. The average molecular weight is 555 g/mol. The zero-order valence-corrected chi connectivity index (χ0v) is 22.9. The molecule has 2 spiro atoms. The largest absolute Gasteiger partial charge is 0.494 e. The predicted octanol–water partition coefficient (Wildman–Crippen LogP) is 1.22. The Morgan fingerprint density at radius 3 is 2.25 bits per heavy atom. The third-order valence-electron chi connectivity index (χ3n) is 11.0. The van der Waals surface area contributed by atoms with Crippen molar-refractivity contribution in [2.24, 2.45) is 34.8 Å². The minimum absolute atomic E-state index is 0.125. The van der Waals surface area contributed by atoms with Crippen molar-refractivity contribution in [2.45, 2.75) is 75.9 Å². The van der Waals surface area contributed by atoms with Crippen LogP contribution in [0.5, 0.6) is 5.88 Å². The van der Waals surface area contributed by atoms with Crippen LogP contribution in [0.4, 0.5) is 4.79 Å². The van der Waals surface area contributed by atoms with E-state index in [1.807, 2.05) is 0 Å². The maximum absolute atomic E-state index is 13.7. The first kappa shape index (κ1) is 25.8. The SMILES string of the molecule is CN1C(=O)N(CC2COC2)C2(CC3(CCC(n4c(=O)c(C(=N)N)c(O)n(CC5C[C@@H]6C[C@@H]6C5)c4=O)CC3)C2)C1=O. The van der Waals surface area contributed by atoms with Crippen molar-refractivity contribution >= 4 is 17.8 Å². The van der Waals surface area contributed by atoms with Crippen LogP contribution in [0.15, 0.2) is 9.59 Å². The fourth-order valence-electron chi connectivity index (χ4n) is 8.77. The number of urea groups is 1. The van der Waals surface area contributed by atoms with Gasteiger partial charge in [-0.05, 0) is 81.0 Å². The molecule has 4 aliphatic carbocycles. The van der Waals surface area contributed by atoms with Crippen molar-refractivity contribution in [2.75, 3.05) is 26.8 Å². The Morgan fingerprint density at radius 2 is 1.68 bits per heavy atom. The number of ether oxygens (including phenoxy) is 1. The van der Waals surface area contributed by atoms with Gasteiger partial charge in [-0.25, -0.2) is 9.59 Å². The zero-order chi connectivity index (χ0) is 28.1. The molecular weight excluding hydrogens is 516 g/mol. The summed E-state index contributed by atoms with van der Waals surface area (Å²) in [4.78, 5) is 56.3. The van der Waals surface area contributed by atoms with E-state index in [1.165, 1.54) is 20.5 Å². The summed E-state index contributed by atoms with van der Waals surface area (Å²) in [7, 11) is 1.55. The van der Waals surface area contributed by atoms with E-state index in [0.717, 1.165) is 25.7 Å². The van der Waals surface area contributed by atoms with E-state index in [-0.39, 0.29) is 40.8 Å². The highest BCUT2D eigenvalue weighted by Gasteiger charge is 2.68. The Labute approximate surface area is 231 Å². The van der Waals surface area contributed by atoms with E-state index in [1.54, 1.807) is 11.9 Å². The number of hydrogen-bond acceptors (Lipinski definition) is 7. The minimum atomic E-state index is -0.805. The van der Waals surface area contributed by atoms with E-state index in [9.17, 15) is 24.3 Å². The van der Waals surface area contributed by atoms with Crippen molar-refractivity contribution in [1.29, 1.82) is 5.41 Å². The maximum atomic E-state index is 13.7. The van der Waals surface area contributed by atoms with Gasteiger partial charge in [-0.1, -0.05) is 0 Å². The van der Waals surface area contributed by atoms with E-state index in [0.29, 0.717) is 63.8 Å². The van der Waals surface area contributed by atoms with Crippen molar-refractivity contribution < 1.29 is 19.4 Å². The molecule has 6 aliphatic rings. The summed E-state index contributed by atoms with van der Waals surface area (Å²) in [5.74, 6) is 0.747. The lowest BCUT2D eigenvalue weighted by molar-refractivity contribution is -0.152. The number of nitrogen functional groups attached to an aromatic ring is 1. The van der Waals surface area contributed by atoms with Crippen molar-refractivity contribution in [3.05, 3.63) is 26.4 Å². The molecule has 0 radical (unpaired) electrons. The summed E-state index contributed by atoms with van der Waals surface area (Å²) in [5.41, 5.74) is 3.24. The number of aromatic nitrogens is 2. The molecule has 7 rings (SSSR count). The van der Waals surface area contributed by atoms with Gasteiger partial charge in [0.1, 0.15) is 16.9 Å². The lowest BCUT2D eigenvalue weighted by Gasteiger charge is -2.58. The van der Waals surface area contributed by atoms with Crippen LogP contribution in [0.3, 0.4) is 0 Å². The van der Waals surface area contributed by atoms with Crippen LogP contribution < -0.4 is 17.0 Å². The first-order valence-electron chi connectivity index (χ1n) is 14.6. The quantitative estimate of drug-likeness (QED) is 0.270. The number of hydrogen-bond donors (Lipinski definition) is 3. The minimum Gasteiger partial charge on any atom is -0.494 e. The molecule has 3 amide bonds.